The SMILES string of the molecule is CCCC/C=C/CC/C=C/CC/C=C/C(O)C(COC1OC(CO)C(O)C(O)C1O)NC(=O)CCCCCCCCCCCCC/C=C\CCCCCCCCCC. The van der Waals surface area contributed by atoms with E-state index in [-0.39, 0.29) is 12.5 Å². The van der Waals surface area contributed by atoms with E-state index in [1.54, 1.807) is 6.08 Å². The smallest absolute Gasteiger partial charge is 0.220 e. The Morgan fingerprint density at radius 1 is 0.569 bits per heavy atom. The molecule has 1 amide bonds. The van der Waals surface area contributed by atoms with Crippen LogP contribution in [-0.4, -0.2) is 87.5 Å². The van der Waals surface area contributed by atoms with Crippen molar-refractivity contribution in [2.75, 3.05) is 13.2 Å². The predicted molar refractivity (Wildman–Crippen MR) is 239 cm³/mol. The van der Waals surface area contributed by atoms with Gasteiger partial charge in [0.1, 0.15) is 24.4 Å². The largest absolute Gasteiger partial charge is 0.394 e. The fourth-order valence-corrected chi connectivity index (χ4v) is 7.23. The third-order valence-corrected chi connectivity index (χ3v) is 11.1. The van der Waals surface area contributed by atoms with E-state index in [0.717, 1.165) is 51.4 Å². The van der Waals surface area contributed by atoms with Crippen molar-refractivity contribution in [2.45, 2.75) is 243 Å². The molecule has 0 saturated carbocycles. The van der Waals surface area contributed by atoms with Gasteiger partial charge in [0.2, 0.25) is 5.91 Å². The van der Waals surface area contributed by atoms with Crippen molar-refractivity contribution < 1.29 is 39.8 Å². The molecule has 1 aliphatic rings. The fraction of sp³-hybridized carbons (Fsp3) is 0.816. The Balaban J connectivity index is 2.29. The van der Waals surface area contributed by atoms with Gasteiger partial charge in [-0.3, -0.25) is 4.79 Å². The number of amides is 1. The Hall–Kier alpha value is -1.85. The summed E-state index contributed by atoms with van der Waals surface area (Å²) in [6, 6.07) is -0.827. The van der Waals surface area contributed by atoms with E-state index in [4.69, 9.17) is 9.47 Å². The maximum absolute atomic E-state index is 13.0. The van der Waals surface area contributed by atoms with Crippen molar-refractivity contribution in [3.05, 3.63) is 48.6 Å². The van der Waals surface area contributed by atoms with Gasteiger partial charge in [-0.05, 0) is 64.2 Å². The molecule has 9 nitrogen and oxygen atoms in total. The van der Waals surface area contributed by atoms with Gasteiger partial charge in [0.05, 0.1) is 25.4 Å². The van der Waals surface area contributed by atoms with Gasteiger partial charge in [0.15, 0.2) is 6.29 Å². The van der Waals surface area contributed by atoms with E-state index >= 15 is 0 Å². The first-order chi connectivity index (χ1) is 28.3. The van der Waals surface area contributed by atoms with Crippen molar-refractivity contribution >= 4 is 5.91 Å². The molecule has 1 rings (SSSR count). The molecule has 0 bridgehead atoms. The van der Waals surface area contributed by atoms with Crippen molar-refractivity contribution in [1.29, 1.82) is 0 Å². The summed E-state index contributed by atoms with van der Waals surface area (Å²) in [5, 5.41) is 54.1. The Labute approximate surface area is 354 Å². The Bertz CT molecular complexity index is 1050. The highest BCUT2D eigenvalue weighted by molar-refractivity contribution is 5.76. The van der Waals surface area contributed by atoms with Gasteiger partial charge < -0.3 is 40.3 Å². The van der Waals surface area contributed by atoms with Crippen LogP contribution in [0.5, 0.6) is 0 Å². The summed E-state index contributed by atoms with van der Waals surface area (Å²) in [6.45, 7) is 3.69. The molecule has 7 unspecified atom stereocenters. The highest BCUT2D eigenvalue weighted by Crippen LogP contribution is 2.22. The number of allylic oxidation sites excluding steroid dienone is 7. The highest BCUT2D eigenvalue weighted by Gasteiger charge is 2.44. The summed E-state index contributed by atoms with van der Waals surface area (Å²) in [5.74, 6) is -0.194. The minimum atomic E-state index is -1.57. The summed E-state index contributed by atoms with van der Waals surface area (Å²) in [6.07, 6.45) is 43.1. The number of nitrogens with one attached hydrogen (secondary N) is 1. The molecule has 58 heavy (non-hydrogen) atoms. The summed E-state index contributed by atoms with van der Waals surface area (Å²) in [7, 11) is 0. The zero-order valence-electron chi connectivity index (χ0n) is 37.0. The van der Waals surface area contributed by atoms with Gasteiger partial charge in [-0.1, -0.05) is 178 Å². The summed E-state index contributed by atoms with van der Waals surface area (Å²) < 4.78 is 11.2. The number of carbonyl (C=O) groups is 1. The number of carbonyl (C=O) groups excluding carboxylic acids is 1. The van der Waals surface area contributed by atoms with Crippen molar-refractivity contribution in [3.63, 3.8) is 0 Å². The van der Waals surface area contributed by atoms with Crippen LogP contribution in [0.1, 0.15) is 200 Å². The molecule has 1 fully saturated rings. The molecule has 0 aliphatic carbocycles. The van der Waals surface area contributed by atoms with Crippen LogP contribution in [0.2, 0.25) is 0 Å². The molecular formula is C49H89NO8. The topological polar surface area (TPSA) is 149 Å². The zero-order valence-corrected chi connectivity index (χ0v) is 37.0. The molecule has 9 heteroatoms. The highest BCUT2D eigenvalue weighted by atomic mass is 16.7. The van der Waals surface area contributed by atoms with E-state index in [2.05, 4.69) is 55.6 Å². The lowest BCUT2D eigenvalue weighted by atomic mass is 9.99. The van der Waals surface area contributed by atoms with Crippen LogP contribution < -0.4 is 5.32 Å². The zero-order chi connectivity index (χ0) is 42.3. The second-order valence-electron chi connectivity index (χ2n) is 16.5. The first-order valence-electron chi connectivity index (χ1n) is 23.9. The lowest BCUT2D eigenvalue weighted by Crippen LogP contribution is -2.60. The van der Waals surface area contributed by atoms with Crippen molar-refractivity contribution in [2.24, 2.45) is 0 Å². The van der Waals surface area contributed by atoms with E-state index in [9.17, 15) is 30.3 Å². The summed E-state index contributed by atoms with van der Waals surface area (Å²) >= 11 is 0. The molecule has 0 aromatic rings. The number of ether oxygens (including phenoxy) is 2. The average molecular weight is 820 g/mol. The minimum Gasteiger partial charge on any atom is -0.394 e. The van der Waals surface area contributed by atoms with Crippen LogP contribution in [0.3, 0.4) is 0 Å². The fourth-order valence-electron chi connectivity index (χ4n) is 7.23. The molecule has 7 atom stereocenters. The van der Waals surface area contributed by atoms with Gasteiger partial charge in [-0.15, -0.1) is 0 Å². The van der Waals surface area contributed by atoms with Crippen LogP contribution in [0, 0.1) is 0 Å². The number of hydrogen-bond donors (Lipinski definition) is 6. The summed E-state index contributed by atoms with van der Waals surface area (Å²) in [5.41, 5.74) is 0. The first kappa shape index (κ1) is 54.2. The maximum atomic E-state index is 13.0. The van der Waals surface area contributed by atoms with Crippen molar-refractivity contribution in [1.82, 2.24) is 5.32 Å². The van der Waals surface area contributed by atoms with Gasteiger partial charge in [-0.25, -0.2) is 0 Å². The van der Waals surface area contributed by atoms with Gasteiger partial charge in [0, 0.05) is 6.42 Å². The Morgan fingerprint density at radius 3 is 1.50 bits per heavy atom. The number of aliphatic hydroxyl groups is 5. The standard InChI is InChI=1S/C49H89NO8/c1-3-5-7-9-11-13-15-17-18-19-20-21-22-23-24-25-26-27-29-31-33-35-37-39-45(53)50-42(41-57-49-48(56)47(55)46(54)44(40-51)58-49)43(52)38-36-34-32-30-28-16-14-12-10-8-6-4-2/h10,12,19-20,28,30,36,38,42-44,46-49,51-52,54-56H,3-9,11,13-18,21-27,29,31-35,37,39-41H2,1-2H3,(H,50,53)/b12-10+,20-19-,30-28+,38-36+. The second kappa shape index (κ2) is 39.3. The first-order valence-corrected chi connectivity index (χ1v) is 23.9. The molecule has 1 heterocycles. The molecule has 0 spiro atoms. The van der Waals surface area contributed by atoms with E-state index in [1.165, 1.54) is 128 Å². The summed E-state index contributed by atoms with van der Waals surface area (Å²) in [4.78, 5) is 13.0. The molecule has 338 valence electrons. The lowest BCUT2D eigenvalue weighted by Gasteiger charge is -2.40. The van der Waals surface area contributed by atoms with Crippen LogP contribution in [0.25, 0.3) is 0 Å². The molecule has 0 aromatic carbocycles. The number of rotatable bonds is 39. The van der Waals surface area contributed by atoms with Crippen LogP contribution in [0.4, 0.5) is 0 Å². The maximum Gasteiger partial charge on any atom is 0.220 e. The van der Waals surface area contributed by atoms with Crippen LogP contribution in [-0.2, 0) is 14.3 Å². The molecule has 0 radical (unpaired) electrons. The van der Waals surface area contributed by atoms with Crippen molar-refractivity contribution in [3.8, 4) is 0 Å². The van der Waals surface area contributed by atoms with Gasteiger partial charge in [0.25, 0.3) is 0 Å². The minimum absolute atomic E-state index is 0.194. The van der Waals surface area contributed by atoms with Gasteiger partial charge >= 0.3 is 0 Å². The van der Waals surface area contributed by atoms with E-state index < -0.39 is 49.5 Å². The lowest BCUT2D eigenvalue weighted by molar-refractivity contribution is -0.302. The van der Waals surface area contributed by atoms with E-state index in [1.807, 2.05) is 6.08 Å². The van der Waals surface area contributed by atoms with Gasteiger partial charge in [-0.2, -0.15) is 0 Å². The van der Waals surface area contributed by atoms with Crippen LogP contribution >= 0.6 is 0 Å². The van der Waals surface area contributed by atoms with E-state index in [0.29, 0.717) is 6.42 Å². The normalized spacial score (nSPS) is 21.3. The molecule has 1 aliphatic heterocycles. The third kappa shape index (κ3) is 29.4. The Morgan fingerprint density at radius 2 is 1.00 bits per heavy atom. The molecule has 0 aromatic heterocycles. The average Bonchev–Trinajstić information content (AvgIpc) is 3.22. The second-order valence-corrected chi connectivity index (χ2v) is 16.5. The Kier molecular flexibility index (Phi) is 36.7. The quantitative estimate of drug-likeness (QED) is 0.0265. The number of aliphatic hydroxyl groups excluding tert-OH is 5. The number of hydrogen-bond acceptors (Lipinski definition) is 8. The third-order valence-electron chi connectivity index (χ3n) is 11.1. The molecule has 6 N–H and O–H groups in total. The monoisotopic (exact) mass is 820 g/mol. The molecule has 1 saturated heterocycles. The number of unbranched alkanes of at least 4 members (excludes halogenated alkanes) is 23. The predicted octanol–water partition coefficient (Wildman–Crippen LogP) is 10.2. The van der Waals surface area contributed by atoms with Crippen LogP contribution in [0.15, 0.2) is 48.6 Å². The molecular weight excluding hydrogens is 731 g/mol.